The summed E-state index contributed by atoms with van der Waals surface area (Å²) in [6, 6.07) is 15.0. The molecule has 1 N–H and O–H groups in total. The number of rotatable bonds is 5. The number of hydrogen-bond donors (Lipinski definition) is 1. The van der Waals surface area contributed by atoms with Crippen LogP contribution in [-0.2, 0) is 18.0 Å². The van der Waals surface area contributed by atoms with Gasteiger partial charge in [0.15, 0.2) is 0 Å². The molecule has 0 heterocycles. The topological polar surface area (TPSA) is 49.8 Å². The predicted octanol–water partition coefficient (Wildman–Crippen LogP) is 2.74. The van der Waals surface area contributed by atoms with Crippen LogP contribution in [0.2, 0.25) is 0 Å². The van der Waals surface area contributed by atoms with Crippen LogP contribution < -0.4 is 9.64 Å². The van der Waals surface area contributed by atoms with Crippen molar-refractivity contribution in [2.24, 2.45) is 0 Å². The van der Waals surface area contributed by atoms with E-state index in [1.54, 1.807) is 11.9 Å². The van der Waals surface area contributed by atoms with Crippen molar-refractivity contribution in [2.75, 3.05) is 11.9 Å². The Labute approximate surface area is 124 Å². The third-order valence-corrected chi connectivity index (χ3v) is 3.31. The fourth-order valence-electron chi connectivity index (χ4n) is 1.86. The van der Waals surface area contributed by atoms with Crippen molar-refractivity contribution >= 4 is 11.6 Å². The quantitative estimate of drug-likeness (QED) is 0.919. The zero-order valence-corrected chi connectivity index (χ0v) is 12.2. The van der Waals surface area contributed by atoms with E-state index in [1.165, 1.54) is 6.92 Å². The SMILES string of the molecule is CC(=O)N(C)c1ccc(OCc2ccc(CO)cc2)cc1. The van der Waals surface area contributed by atoms with Crippen LogP contribution in [0.15, 0.2) is 48.5 Å². The molecule has 0 aliphatic carbocycles. The van der Waals surface area contributed by atoms with Crippen molar-refractivity contribution in [3.05, 3.63) is 59.7 Å². The van der Waals surface area contributed by atoms with Gasteiger partial charge in [-0.05, 0) is 35.4 Å². The Kier molecular flexibility index (Phi) is 4.95. The number of aliphatic hydroxyl groups is 1. The second-order valence-corrected chi connectivity index (χ2v) is 4.84. The summed E-state index contributed by atoms with van der Waals surface area (Å²) in [6.45, 7) is 2.04. The molecule has 4 heteroatoms. The maximum Gasteiger partial charge on any atom is 0.223 e. The van der Waals surface area contributed by atoms with Gasteiger partial charge in [-0.15, -0.1) is 0 Å². The molecule has 2 aromatic carbocycles. The molecule has 0 spiro atoms. The van der Waals surface area contributed by atoms with Crippen LogP contribution in [0.4, 0.5) is 5.69 Å². The smallest absolute Gasteiger partial charge is 0.223 e. The van der Waals surface area contributed by atoms with Gasteiger partial charge in [0, 0.05) is 19.7 Å². The Hall–Kier alpha value is -2.33. The molecule has 0 fully saturated rings. The molecule has 0 saturated heterocycles. The third-order valence-electron chi connectivity index (χ3n) is 3.31. The summed E-state index contributed by atoms with van der Waals surface area (Å²) in [7, 11) is 1.74. The average Bonchev–Trinajstić information content (AvgIpc) is 2.53. The number of nitrogens with zero attached hydrogens (tertiary/aromatic N) is 1. The monoisotopic (exact) mass is 285 g/mol. The van der Waals surface area contributed by atoms with Gasteiger partial charge in [-0.3, -0.25) is 4.79 Å². The van der Waals surface area contributed by atoms with E-state index in [-0.39, 0.29) is 12.5 Å². The zero-order valence-electron chi connectivity index (χ0n) is 12.2. The van der Waals surface area contributed by atoms with Crippen molar-refractivity contribution in [3.63, 3.8) is 0 Å². The average molecular weight is 285 g/mol. The first-order valence-corrected chi connectivity index (χ1v) is 6.76. The molecule has 4 nitrogen and oxygen atoms in total. The minimum absolute atomic E-state index is 0.00681. The number of amides is 1. The Morgan fingerprint density at radius 3 is 2.14 bits per heavy atom. The second-order valence-electron chi connectivity index (χ2n) is 4.84. The molecule has 2 rings (SSSR count). The van der Waals surface area contributed by atoms with E-state index < -0.39 is 0 Å². The van der Waals surface area contributed by atoms with Gasteiger partial charge < -0.3 is 14.7 Å². The van der Waals surface area contributed by atoms with Gasteiger partial charge in [0.2, 0.25) is 5.91 Å². The first-order valence-electron chi connectivity index (χ1n) is 6.76. The molecule has 0 radical (unpaired) electrons. The first-order chi connectivity index (χ1) is 10.1. The fraction of sp³-hybridized carbons (Fsp3) is 0.235. The van der Waals surface area contributed by atoms with Gasteiger partial charge in [0.25, 0.3) is 0 Å². The Balaban J connectivity index is 1.95. The number of hydrogen-bond acceptors (Lipinski definition) is 3. The van der Waals surface area contributed by atoms with Gasteiger partial charge in [0.1, 0.15) is 12.4 Å². The molecule has 21 heavy (non-hydrogen) atoms. The number of anilines is 1. The summed E-state index contributed by atoms with van der Waals surface area (Å²) < 4.78 is 5.69. The lowest BCUT2D eigenvalue weighted by molar-refractivity contribution is -0.116. The number of carbonyl (C=O) groups is 1. The molecular weight excluding hydrogens is 266 g/mol. The number of carbonyl (C=O) groups excluding carboxylic acids is 1. The summed E-state index contributed by atoms with van der Waals surface area (Å²) in [5, 5.41) is 8.99. The van der Waals surface area contributed by atoms with E-state index in [2.05, 4.69) is 0 Å². The van der Waals surface area contributed by atoms with Crippen molar-refractivity contribution < 1.29 is 14.6 Å². The molecule has 0 saturated carbocycles. The summed E-state index contributed by atoms with van der Waals surface area (Å²) in [5.74, 6) is 0.745. The van der Waals surface area contributed by atoms with Gasteiger partial charge in [-0.2, -0.15) is 0 Å². The number of benzene rings is 2. The van der Waals surface area contributed by atoms with Gasteiger partial charge in [0.05, 0.1) is 6.61 Å². The van der Waals surface area contributed by atoms with Crippen molar-refractivity contribution in [3.8, 4) is 5.75 Å². The van der Waals surface area contributed by atoms with E-state index in [4.69, 9.17) is 9.84 Å². The van der Waals surface area contributed by atoms with Crippen molar-refractivity contribution in [1.82, 2.24) is 0 Å². The van der Waals surface area contributed by atoms with Gasteiger partial charge in [-0.25, -0.2) is 0 Å². The lowest BCUT2D eigenvalue weighted by Crippen LogP contribution is -2.22. The second kappa shape index (κ2) is 6.90. The van der Waals surface area contributed by atoms with E-state index >= 15 is 0 Å². The van der Waals surface area contributed by atoms with Gasteiger partial charge >= 0.3 is 0 Å². The van der Waals surface area contributed by atoms with E-state index in [9.17, 15) is 4.79 Å². The molecule has 0 aliphatic heterocycles. The highest BCUT2D eigenvalue weighted by atomic mass is 16.5. The van der Waals surface area contributed by atoms with Crippen LogP contribution >= 0.6 is 0 Å². The molecule has 0 bridgehead atoms. The number of aliphatic hydroxyl groups excluding tert-OH is 1. The molecule has 0 aromatic heterocycles. The van der Waals surface area contributed by atoms with Crippen molar-refractivity contribution in [2.45, 2.75) is 20.1 Å². The lowest BCUT2D eigenvalue weighted by atomic mass is 10.1. The van der Waals surface area contributed by atoms with E-state index in [0.29, 0.717) is 6.61 Å². The van der Waals surface area contributed by atoms with Crippen LogP contribution in [-0.4, -0.2) is 18.1 Å². The summed E-state index contributed by atoms with van der Waals surface area (Å²) >= 11 is 0. The number of ether oxygens (including phenoxy) is 1. The molecule has 0 unspecified atom stereocenters. The Morgan fingerprint density at radius 2 is 1.62 bits per heavy atom. The minimum Gasteiger partial charge on any atom is -0.489 e. The summed E-state index contributed by atoms with van der Waals surface area (Å²) in [4.78, 5) is 12.8. The largest absolute Gasteiger partial charge is 0.489 e. The summed E-state index contributed by atoms with van der Waals surface area (Å²) in [5.41, 5.74) is 2.76. The summed E-state index contributed by atoms with van der Waals surface area (Å²) in [6.07, 6.45) is 0. The standard InChI is InChI=1S/C17H19NO3/c1-13(20)18(2)16-7-9-17(10-8-16)21-12-15-5-3-14(11-19)4-6-15/h3-10,19H,11-12H2,1-2H3. The van der Waals surface area contributed by atoms with Crippen LogP contribution in [0.25, 0.3) is 0 Å². The third kappa shape index (κ3) is 4.07. The maximum atomic E-state index is 11.3. The van der Waals surface area contributed by atoms with E-state index in [0.717, 1.165) is 22.6 Å². The van der Waals surface area contributed by atoms with Gasteiger partial charge in [-0.1, -0.05) is 24.3 Å². The van der Waals surface area contributed by atoms with Crippen LogP contribution in [0.3, 0.4) is 0 Å². The molecule has 2 aromatic rings. The van der Waals surface area contributed by atoms with Crippen molar-refractivity contribution in [1.29, 1.82) is 0 Å². The molecule has 0 atom stereocenters. The molecular formula is C17H19NO3. The molecule has 0 aliphatic rings. The maximum absolute atomic E-state index is 11.3. The van der Waals surface area contributed by atoms with Crippen LogP contribution in [0, 0.1) is 0 Å². The lowest BCUT2D eigenvalue weighted by Gasteiger charge is -2.15. The highest BCUT2D eigenvalue weighted by Gasteiger charge is 2.05. The highest BCUT2D eigenvalue weighted by molar-refractivity contribution is 5.90. The Bertz CT molecular complexity index is 590. The minimum atomic E-state index is -0.00681. The Morgan fingerprint density at radius 1 is 1.05 bits per heavy atom. The molecule has 110 valence electrons. The normalized spacial score (nSPS) is 10.2. The van der Waals surface area contributed by atoms with E-state index in [1.807, 2.05) is 48.5 Å². The van der Waals surface area contributed by atoms with Crippen LogP contribution in [0.5, 0.6) is 5.75 Å². The molecule has 1 amide bonds. The first kappa shape index (κ1) is 15.1. The van der Waals surface area contributed by atoms with Crippen LogP contribution in [0.1, 0.15) is 18.1 Å². The highest BCUT2D eigenvalue weighted by Crippen LogP contribution is 2.19. The predicted molar refractivity (Wildman–Crippen MR) is 82.2 cm³/mol. The zero-order chi connectivity index (χ0) is 15.2. The fourth-order valence-corrected chi connectivity index (χ4v) is 1.86.